The third-order valence-electron chi connectivity index (χ3n) is 2.85. The van der Waals surface area contributed by atoms with Crippen LogP contribution < -0.4 is 5.32 Å². The van der Waals surface area contributed by atoms with Crippen LogP contribution in [0.1, 0.15) is 12.8 Å². The fourth-order valence-electron chi connectivity index (χ4n) is 1.84. The molecule has 0 radical (unpaired) electrons. The Morgan fingerprint density at radius 1 is 1.25 bits per heavy atom. The molecule has 16 heavy (non-hydrogen) atoms. The van der Waals surface area contributed by atoms with E-state index in [1.165, 1.54) is 12.8 Å². The zero-order chi connectivity index (χ0) is 11.4. The fourth-order valence-corrected chi connectivity index (χ4v) is 2.59. The minimum absolute atomic E-state index is 0.736. The molecule has 1 aromatic rings. The van der Waals surface area contributed by atoms with Gasteiger partial charge < -0.3 is 10.1 Å². The van der Waals surface area contributed by atoms with Crippen molar-refractivity contribution in [2.45, 2.75) is 12.8 Å². The summed E-state index contributed by atoms with van der Waals surface area (Å²) in [5.41, 5.74) is 1.15. The van der Waals surface area contributed by atoms with Gasteiger partial charge in [0.15, 0.2) is 0 Å². The topological polar surface area (TPSA) is 21.3 Å². The minimum Gasteiger partial charge on any atom is -0.384 e. The molecule has 0 spiro atoms. The van der Waals surface area contributed by atoms with Crippen molar-refractivity contribution in [3.8, 4) is 0 Å². The molecular weight excluding hydrogens is 334 g/mol. The van der Waals surface area contributed by atoms with Crippen LogP contribution >= 0.6 is 31.9 Å². The van der Waals surface area contributed by atoms with Crippen molar-refractivity contribution in [2.24, 2.45) is 5.92 Å². The predicted octanol–water partition coefficient (Wildman–Crippen LogP) is 4.05. The van der Waals surface area contributed by atoms with Gasteiger partial charge in [0.05, 0.1) is 0 Å². The zero-order valence-electron chi connectivity index (χ0n) is 9.01. The lowest BCUT2D eigenvalue weighted by atomic mass is 10.0. The first-order chi connectivity index (χ1) is 7.75. The van der Waals surface area contributed by atoms with Gasteiger partial charge in [-0.1, -0.05) is 15.9 Å². The second-order valence-electron chi connectivity index (χ2n) is 4.06. The first-order valence-corrected chi connectivity index (χ1v) is 7.11. The molecule has 0 amide bonds. The lowest BCUT2D eigenvalue weighted by Gasteiger charge is -2.23. The van der Waals surface area contributed by atoms with Crippen molar-refractivity contribution in [1.82, 2.24) is 0 Å². The lowest BCUT2D eigenvalue weighted by molar-refractivity contribution is 0.0699. The third-order valence-corrected chi connectivity index (χ3v) is 4.04. The monoisotopic (exact) mass is 347 g/mol. The number of ether oxygens (including phenoxy) is 1. The predicted molar refractivity (Wildman–Crippen MR) is 73.9 cm³/mol. The summed E-state index contributed by atoms with van der Waals surface area (Å²) in [6.45, 7) is 2.84. The Balaban J connectivity index is 1.90. The maximum atomic E-state index is 5.35. The van der Waals surface area contributed by atoms with E-state index in [4.69, 9.17) is 4.74 Å². The molecule has 1 saturated heterocycles. The van der Waals surface area contributed by atoms with Crippen LogP contribution in [-0.4, -0.2) is 19.8 Å². The lowest BCUT2D eigenvalue weighted by Crippen LogP contribution is -2.22. The van der Waals surface area contributed by atoms with Gasteiger partial charge in [0.1, 0.15) is 0 Å². The van der Waals surface area contributed by atoms with E-state index in [0.29, 0.717) is 0 Å². The second-order valence-corrected chi connectivity index (χ2v) is 5.83. The Kier molecular flexibility index (Phi) is 4.67. The number of nitrogens with one attached hydrogen (secondary N) is 1. The molecule has 1 aliphatic rings. The minimum atomic E-state index is 0.736. The number of rotatable bonds is 3. The summed E-state index contributed by atoms with van der Waals surface area (Å²) >= 11 is 7.03. The Hall–Kier alpha value is -0.0600. The Labute approximate surface area is 113 Å². The Morgan fingerprint density at radius 2 is 2.00 bits per heavy atom. The van der Waals surface area contributed by atoms with E-state index in [1.54, 1.807) is 0 Å². The first-order valence-electron chi connectivity index (χ1n) is 5.52. The van der Waals surface area contributed by atoms with Gasteiger partial charge in [-0.15, -0.1) is 0 Å². The summed E-state index contributed by atoms with van der Waals surface area (Å²) in [6, 6.07) is 6.18. The van der Waals surface area contributed by atoms with Crippen LogP contribution in [0.3, 0.4) is 0 Å². The molecule has 1 heterocycles. The van der Waals surface area contributed by atoms with Gasteiger partial charge in [-0.25, -0.2) is 0 Å². The highest BCUT2D eigenvalue weighted by Gasteiger charge is 2.13. The molecule has 1 fully saturated rings. The molecular formula is C12H15Br2NO. The van der Waals surface area contributed by atoms with E-state index in [0.717, 1.165) is 40.3 Å². The van der Waals surface area contributed by atoms with Crippen LogP contribution in [0, 0.1) is 5.92 Å². The summed E-state index contributed by atoms with van der Waals surface area (Å²) in [6.07, 6.45) is 2.33. The molecule has 1 N–H and O–H groups in total. The number of benzene rings is 1. The van der Waals surface area contributed by atoms with Crippen molar-refractivity contribution in [2.75, 3.05) is 25.1 Å². The van der Waals surface area contributed by atoms with Crippen LogP contribution in [0.2, 0.25) is 0 Å². The van der Waals surface area contributed by atoms with Crippen LogP contribution in [0.25, 0.3) is 0 Å². The molecule has 0 aliphatic carbocycles. The highest BCUT2D eigenvalue weighted by atomic mass is 79.9. The average molecular weight is 349 g/mol. The van der Waals surface area contributed by atoms with Gasteiger partial charge in [-0.2, -0.15) is 0 Å². The van der Waals surface area contributed by atoms with Crippen molar-refractivity contribution < 1.29 is 4.74 Å². The molecule has 1 aliphatic heterocycles. The van der Waals surface area contributed by atoms with E-state index in [2.05, 4.69) is 49.3 Å². The van der Waals surface area contributed by atoms with Gasteiger partial charge in [0, 0.05) is 34.4 Å². The van der Waals surface area contributed by atoms with E-state index in [9.17, 15) is 0 Å². The van der Waals surface area contributed by atoms with Crippen LogP contribution in [-0.2, 0) is 4.74 Å². The third kappa shape index (κ3) is 3.47. The summed E-state index contributed by atoms with van der Waals surface area (Å²) in [5.74, 6) is 0.736. The van der Waals surface area contributed by atoms with Crippen LogP contribution in [0.5, 0.6) is 0 Å². The highest BCUT2D eigenvalue weighted by molar-refractivity contribution is 9.11. The molecule has 88 valence electrons. The molecule has 1 aromatic carbocycles. The number of hydrogen-bond donors (Lipinski definition) is 1. The molecule has 0 atom stereocenters. The van der Waals surface area contributed by atoms with Gasteiger partial charge >= 0.3 is 0 Å². The Bertz CT molecular complexity index is 351. The molecule has 2 rings (SSSR count). The van der Waals surface area contributed by atoms with E-state index in [-0.39, 0.29) is 0 Å². The summed E-state index contributed by atoms with van der Waals surface area (Å²) < 4.78 is 7.57. The van der Waals surface area contributed by atoms with Crippen molar-refractivity contribution in [1.29, 1.82) is 0 Å². The highest BCUT2D eigenvalue weighted by Crippen LogP contribution is 2.27. The summed E-state index contributed by atoms with van der Waals surface area (Å²) in [4.78, 5) is 0. The smallest absolute Gasteiger partial charge is 0.0496 e. The molecule has 0 unspecified atom stereocenters. The van der Waals surface area contributed by atoms with Crippen molar-refractivity contribution in [3.05, 3.63) is 27.1 Å². The largest absolute Gasteiger partial charge is 0.384 e. The quantitative estimate of drug-likeness (QED) is 0.889. The Morgan fingerprint density at radius 3 is 2.75 bits per heavy atom. The van der Waals surface area contributed by atoms with E-state index < -0.39 is 0 Å². The average Bonchev–Trinajstić information content (AvgIpc) is 2.32. The van der Waals surface area contributed by atoms with Gasteiger partial charge in [-0.3, -0.25) is 0 Å². The maximum absolute atomic E-state index is 5.35. The fraction of sp³-hybridized carbons (Fsp3) is 0.500. The SMILES string of the molecule is Brc1ccc(Br)c(NCC2CCOCC2)c1. The number of anilines is 1. The van der Waals surface area contributed by atoms with E-state index >= 15 is 0 Å². The second kappa shape index (κ2) is 6.03. The van der Waals surface area contributed by atoms with Crippen LogP contribution in [0.15, 0.2) is 27.1 Å². The van der Waals surface area contributed by atoms with Gasteiger partial charge in [0.2, 0.25) is 0 Å². The normalized spacial score (nSPS) is 17.4. The first kappa shape index (κ1) is 12.4. The summed E-state index contributed by atoms with van der Waals surface area (Å²) in [5, 5.41) is 3.49. The van der Waals surface area contributed by atoms with Crippen molar-refractivity contribution in [3.63, 3.8) is 0 Å². The maximum Gasteiger partial charge on any atom is 0.0496 e. The standard InChI is InChI=1S/C12H15Br2NO/c13-10-1-2-11(14)12(7-10)15-8-9-3-5-16-6-4-9/h1-2,7,9,15H,3-6,8H2. The molecule has 0 bridgehead atoms. The molecule has 0 aromatic heterocycles. The zero-order valence-corrected chi connectivity index (χ0v) is 12.2. The van der Waals surface area contributed by atoms with Gasteiger partial charge in [-0.05, 0) is 52.9 Å². The number of hydrogen-bond acceptors (Lipinski definition) is 2. The number of halogens is 2. The molecule has 4 heteroatoms. The van der Waals surface area contributed by atoms with Crippen LogP contribution in [0.4, 0.5) is 5.69 Å². The van der Waals surface area contributed by atoms with Crippen molar-refractivity contribution >= 4 is 37.5 Å². The molecule has 0 saturated carbocycles. The van der Waals surface area contributed by atoms with Gasteiger partial charge in [0.25, 0.3) is 0 Å². The summed E-state index contributed by atoms with van der Waals surface area (Å²) in [7, 11) is 0. The van der Waals surface area contributed by atoms with E-state index in [1.807, 2.05) is 6.07 Å². The molecule has 2 nitrogen and oxygen atoms in total.